The van der Waals surface area contributed by atoms with E-state index in [2.05, 4.69) is 25.5 Å². The lowest BCUT2D eigenvalue weighted by molar-refractivity contribution is 0.435. The third kappa shape index (κ3) is 1.69. The molecule has 1 aromatic heterocycles. The monoisotopic (exact) mass is 246 g/mol. The van der Waals surface area contributed by atoms with Gasteiger partial charge in [0.15, 0.2) is 0 Å². The highest BCUT2D eigenvalue weighted by molar-refractivity contribution is 9.11. The molecule has 1 aliphatic carbocycles. The number of nitrogens with zero attached hydrogens (tertiary/aromatic N) is 2. The molecule has 1 aliphatic rings. The summed E-state index contributed by atoms with van der Waals surface area (Å²) in [6.45, 7) is 0. The van der Waals surface area contributed by atoms with E-state index in [0.29, 0.717) is 5.92 Å². The second kappa shape index (κ2) is 3.83. The molecule has 12 heavy (non-hydrogen) atoms. The Balaban J connectivity index is 2.13. The Kier molecular flexibility index (Phi) is 2.76. The van der Waals surface area contributed by atoms with Crippen molar-refractivity contribution < 1.29 is 0 Å². The summed E-state index contributed by atoms with van der Waals surface area (Å²) < 4.78 is 5.08. The van der Waals surface area contributed by atoms with E-state index in [4.69, 9.17) is 0 Å². The summed E-state index contributed by atoms with van der Waals surface area (Å²) in [5, 5.41) is 4.16. The van der Waals surface area contributed by atoms with Gasteiger partial charge >= 0.3 is 0 Å². The van der Waals surface area contributed by atoms with Crippen LogP contribution in [0.3, 0.4) is 0 Å². The van der Waals surface area contributed by atoms with Crippen LogP contribution in [0.1, 0.15) is 43.7 Å². The van der Waals surface area contributed by atoms with Crippen LogP contribution in [0.25, 0.3) is 0 Å². The van der Waals surface area contributed by atoms with E-state index < -0.39 is 0 Å². The zero-order valence-corrected chi connectivity index (χ0v) is 9.20. The van der Waals surface area contributed by atoms with Gasteiger partial charge in [0.25, 0.3) is 0 Å². The first-order valence-electron chi connectivity index (χ1n) is 4.35. The van der Waals surface area contributed by atoms with Crippen LogP contribution in [-0.4, -0.2) is 9.59 Å². The van der Waals surface area contributed by atoms with Gasteiger partial charge < -0.3 is 0 Å². The van der Waals surface area contributed by atoms with Crippen molar-refractivity contribution in [3.63, 3.8) is 0 Å². The summed E-state index contributed by atoms with van der Waals surface area (Å²) in [5.41, 5.74) is 1.19. The van der Waals surface area contributed by atoms with Crippen molar-refractivity contribution in [1.82, 2.24) is 9.59 Å². The zero-order valence-electron chi connectivity index (χ0n) is 6.79. The maximum atomic E-state index is 4.16. The summed E-state index contributed by atoms with van der Waals surface area (Å²) in [6, 6.07) is 0. The molecule has 2 nitrogen and oxygen atoms in total. The van der Waals surface area contributed by atoms with Gasteiger partial charge in [-0.15, -0.1) is 5.10 Å². The van der Waals surface area contributed by atoms with Gasteiger partial charge in [-0.2, -0.15) is 0 Å². The van der Waals surface area contributed by atoms with E-state index in [0.717, 1.165) is 3.79 Å². The van der Waals surface area contributed by atoms with Crippen LogP contribution in [0, 0.1) is 0 Å². The average Bonchev–Trinajstić information content (AvgIpc) is 2.53. The maximum absolute atomic E-state index is 4.16. The molecule has 0 aromatic carbocycles. The minimum atomic E-state index is 0.673. The van der Waals surface area contributed by atoms with Crippen LogP contribution in [0.5, 0.6) is 0 Å². The van der Waals surface area contributed by atoms with Gasteiger partial charge in [0.1, 0.15) is 3.79 Å². The molecule has 1 saturated carbocycles. The fraction of sp³-hybridized carbons (Fsp3) is 0.750. The van der Waals surface area contributed by atoms with Gasteiger partial charge in [0, 0.05) is 5.92 Å². The lowest BCUT2D eigenvalue weighted by atomic mass is 9.87. The van der Waals surface area contributed by atoms with Gasteiger partial charge in [0.05, 0.1) is 5.69 Å². The average molecular weight is 247 g/mol. The molecule has 1 heterocycles. The predicted molar refractivity (Wildman–Crippen MR) is 53.4 cm³/mol. The smallest absolute Gasteiger partial charge is 0.114 e. The number of hydrogen-bond donors (Lipinski definition) is 0. The van der Waals surface area contributed by atoms with Crippen molar-refractivity contribution in [3.8, 4) is 0 Å². The third-order valence-corrected chi connectivity index (χ3v) is 3.84. The lowest BCUT2D eigenvalue weighted by Gasteiger charge is -2.19. The van der Waals surface area contributed by atoms with Crippen molar-refractivity contribution >= 4 is 27.5 Å². The van der Waals surface area contributed by atoms with Crippen molar-refractivity contribution in [2.24, 2.45) is 0 Å². The molecule has 4 heteroatoms. The molecule has 0 atom stereocenters. The Morgan fingerprint density at radius 3 is 2.58 bits per heavy atom. The topological polar surface area (TPSA) is 25.8 Å². The molecule has 66 valence electrons. The lowest BCUT2D eigenvalue weighted by Crippen LogP contribution is -2.05. The van der Waals surface area contributed by atoms with Gasteiger partial charge in [-0.05, 0) is 40.3 Å². The van der Waals surface area contributed by atoms with Crippen molar-refractivity contribution in [2.75, 3.05) is 0 Å². The van der Waals surface area contributed by atoms with Crippen LogP contribution in [0.15, 0.2) is 3.79 Å². The minimum absolute atomic E-state index is 0.673. The van der Waals surface area contributed by atoms with Crippen LogP contribution in [0.4, 0.5) is 0 Å². The molecular weight excluding hydrogens is 236 g/mol. The number of aromatic nitrogens is 2. The van der Waals surface area contributed by atoms with Gasteiger partial charge in [-0.1, -0.05) is 23.8 Å². The largest absolute Gasteiger partial charge is 0.142 e. The third-order valence-electron chi connectivity index (χ3n) is 2.46. The number of rotatable bonds is 1. The first-order chi connectivity index (χ1) is 5.88. The fourth-order valence-electron chi connectivity index (χ4n) is 1.80. The van der Waals surface area contributed by atoms with E-state index in [9.17, 15) is 0 Å². The Morgan fingerprint density at radius 2 is 2.00 bits per heavy atom. The van der Waals surface area contributed by atoms with Gasteiger partial charge in [-0.3, -0.25) is 0 Å². The van der Waals surface area contributed by atoms with E-state index in [1.165, 1.54) is 49.3 Å². The van der Waals surface area contributed by atoms with Crippen LogP contribution in [-0.2, 0) is 0 Å². The van der Waals surface area contributed by atoms with Gasteiger partial charge in [0.2, 0.25) is 0 Å². The molecule has 2 rings (SSSR count). The molecule has 0 radical (unpaired) electrons. The van der Waals surface area contributed by atoms with Crippen LogP contribution < -0.4 is 0 Å². The summed E-state index contributed by atoms with van der Waals surface area (Å²) in [6.07, 6.45) is 6.70. The highest BCUT2D eigenvalue weighted by atomic mass is 79.9. The maximum Gasteiger partial charge on any atom is 0.114 e. The summed E-state index contributed by atoms with van der Waals surface area (Å²) in [7, 11) is 0. The van der Waals surface area contributed by atoms with Crippen molar-refractivity contribution in [3.05, 3.63) is 9.48 Å². The first-order valence-corrected chi connectivity index (χ1v) is 5.92. The highest BCUT2D eigenvalue weighted by Gasteiger charge is 2.20. The molecule has 0 unspecified atom stereocenters. The predicted octanol–water partition coefficient (Wildman–Crippen LogP) is 3.35. The quantitative estimate of drug-likeness (QED) is 0.760. The molecule has 0 N–H and O–H groups in total. The fourth-order valence-corrected chi connectivity index (χ4v) is 2.90. The van der Waals surface area contributed by atoms with E-state index in [1.54, 1.807) is 0 Å². The second-order valence-corrected chi connectivity index (χ2v) is 5.34. The standard InChI is InChI=1S/C8H11BrN2S/c9-8-7(10-11-12-8)6-4-2-1-3-5-6/h6H,1-5H2. The van der Waals surface area contributed by atoms with E-state index in [-0.39, 0.29) is 0 Å². The highest BCUT2D eigenvalue weighted by Crippen LogP contribution is 2.36. The number of halogens is 1. The molecule has 0 saturated heterocycles. The molecule has 0 aliphatic heterocycles. The number of hydrogen-bond acceptors (Lipinski definition) is 3. The summed E-state index contributed by atoms with van der Waals surface area (Å²) >= 11 is 4.95. The summed E-state index contributed by atoms with van der Waals surface area (Å²) in [5.74, 6) is 0.673. The normalized spacial score (nSPS) is 19.8. The molecule has 1 fully saturated rings. The Morgan fingerprint density at radius 1 is 1.25 bits per heavy atom. The first kappa shape index (κ1) is 8.63. The van der Waals surface area contributed by atoms with Gasteiger partial charge in [-0.25, -0.2) is 0 Å². The van der Waals surface area contributed by atoms with Crippen molar-refractivity contribution in [2.45, 2.75) is 38.0 Å². The molecule has 0 spiro atoms. The SMILES string of the molecule is Brc1snnc1C1CCCCC1. The van der Waals surface area contributed by atoms with E-state index >= 15 is 0 Å². The van der Waals surface area contributed by atoms with Crippen LogP contribution in [0.2, 0.25) is 0 Å². The Labute approximate surface area is 84.7 Å². The second-order valence-electron chi connectivity index (χ2n) is 3.27. The Bertz CT molecular complexity index is 255. The molecule has 0 amide bonds. The van der Waals surface area contributed by atoms with Crippen molar-refractivity contribution in [1.29, 1.82) is 0 Å². The van der Waals surface area contributed by atoms with Crippen LogP contribution >= 0.6 is 27.5 Å². The molecule has 1 aromatic rings. The minimum Gasteiger partial charge on any atom is -0.142 e. The van der Waals surface area contributed by atoms with E-state index in [1.807, 2.05) is 0 Å². The molecule has 0 bridgehead atoms. The zero-order chi connectivity index (χ0) is 8.39. The Hall–Kier alpha value is 0.0400. The summed E-state index contributed by atoms with van der Waals surface area (Å²) in [4.78, 5) is 0. The molecular formula is C8H11BrN2S.